The van der Waals surface area contributed by atoms with Gasteiger partial charge in [-0.25, -0.2) is 0 Å². The van der Waals surface area contributed by atoms with E-state index in [9.17, 15) is 0 Å². The maximum Gasteiger partial charge on any atom is 0.189 e. The standard InChI is InChI=1S/C8H12O2/c1-3-7-5-8(4-2)10-6-9-7/h3,5,7H,1,4,6H2,2H3. The van der Waals surface area contributed by atoms with Crippen LogP contribution in [0.3, 0.4) is 0 Å². The largest absolute Gasteiger partial charge is 0.472 e. The van der Waals surface area contributed by atoms with E-state index < -0.39 is 0 Å². The lowest BCUT2D eigenvalue weighted by molar-refractivity contribution is -0.0564. The topological polar surface area (TPSA) is 18.5 Å². The van der Waals surface area contributed by atoms with E-state index in [2.05, 4.69) is 13.5 Å². The molecule has 56 valence electrons. The summed E-state index contributed by atoms with van der Waals surface area (Å²) in [6.45, 7) is 6.04. The highest BCUT2D eigenvalue weighted by Crippen LogP contribution is 2.12. The molecule has 0 N–H and O–H groups in total. The van der Waals surface area contributed by atoms with Gasteiger partial charge in [0, 0.05) is 6.42 Å². The van der Waals surface area contributed by atoms with Gasteiger partial charge in [0.25, 0.3) is 0 Å². The minimum absolute atomic E-state index is 0.0451. The molecule has 0 spiro atoms. The lowest BCUT2D eigenvalue weighted by Crippen LogP contribution is -2.16. The lowest BCUT2D eigenvalue weighted by Gasteiger charge is -2.19. The fourth-order valence-electron chi connectivity index (χ4n) is 0.824. The van der Waals surface area contributed by atoms with Crippen LogP contribution in [0.15, 0.2) is 24.5 Å². The summed E-state index contributed by atoms with van der Waals surface area (Å²) in [5, 5.41) is 0. The Morgan fingerprint density at radius 3 is 3.30 bits per heavy atom. The molecule has 1 atom stereocenters. The summed E-state index contributed by atoms with van der Waals surface area (Å²) in [7, 11) is 0. The summed E-state index contributed by atoms with van der Waals surface area (Å²) in [5.74, 6) is 0.996. The lowest BCUT2D eigenvalue weighted by atomic mass is 10.2. The molecule has 2 nitrogen and oxygen atoms in total. The van der Waals surface area contributed by atoms with Gasteiger partial charge in [-0.3, -0.25) is 0 Å². The first-order valence-electron chi connectivity index (χ1n) is 3.44. The first kappa shape index (κ1) is 7.35. The van der Waals surface area contributed by atoms with Crippen LogP contribution in [0.2, 0.25) is 0 Å². The molecule has 0 amide bonds. The maximum atomic E-state index is 5.15. The van der Waals surface area contributed by atoms with Crippen LogP contribution in [0.4, 0.5) is 0 Å². The van der Waals surface area contributed by atoms with Crippen molar-refractivity contribution in [2.24, 2.45) is 0 Å². The molecule has 10 heavy (non-hydrogen) atoms. The van der Waals surface area contributed by atoms with Crippen molar-refractivity contribution in [1.29, 1.82) is 0 Å². The van der Waals surface area contributed by atoms with Gasteiger partial charge in [-0.1, -0.05) is 13.0 Å². The zero-order valence-electron chi connectivity index (χ0n) is 6.17. The van der Waals surface area contributed by atoms with E-state index in [1.807, 2.05) is 6.08 Å². The summed E-state index contributed by atoms with van der Waals surface area (Å²) in [4.78, 5) is 0. The van der Waals surface area contributed by atoms with Crippen LogP contribution in [-0.2, 0) is 9.47 Å². The van der Waals surface area contributed by atoms with Crippen LogP contribution in [0, 0.1) is 0 Å². The van der Waals surface area contributed by atoms with E-state index in [0.29, 0.717) is 6.79 Å². The molecule has 1 aliphatic rings. The molecule has 0 aliphatic carbocycles. The van der Waals surface area contributed by atoms with Gasteiger partial charge in [0.2, 0.25) is 0 Å². The van der Waals surface area contributed by atoms with E-state index >= 15 is 0 Å². The average molecular weight is 140 g/mol. The minimum atomic E-state index is 0.0451. The van der Waals surface area contributed by atoms with Crippen LogP contribution in [-0.4, -0.2) is 12.9 Å². The van der Waals surface area contributed by atoms with Crippen molar-refractivity contribution >= 4 is 0 Å². The molecule has 0 aromatic heterocycles. The number of ether oxygens (including phenoxy) is 2. The molecule has 0 radical (unpaired) electrons. The predicted octanol–water partition coefficient (Wildman–Crippen LogP) is 1.84. The molecule has 0 aromatic rings. The SMILES string of the molecule is C=CC1C=C(CC)OCO1. The van der Waals surface area contributed by atoms with Gasteiger partial charge in [-0.2, -0.15) is 0 Å². The normalized spacial score (nSPS) is 24.9. The third-order valence-corrected chi connectivity index (χ3v) is 1.44. The Morgan fingerprint density at radius 2 is 2.70 bits per heavy atom. The number of allylic oxidation sites excluding steroid dienone is 1. The quantitative estimate of drug-likeness (QED) is 0.545. The van der Waals surface area contributed by atoms with Crippen LogP contribution in [0.5, 0.6) is 0 Å². The fourth-order valence-corrected chi connectivity index (χ4v) is 0.824. The molecular weight excluding hydrogens is 128 g/mol. The summed E-state index contributed by atoms with van der Waals surface area (Å²) in [6, 6.07) is 0. The second-order valence-corrected chi connectivity index (χ2v) is 2.12. The van der Waals surface area contributed by atoms with Crippen molar-refractivity contribution in [1.82, 2.24) is 0 Å². The maximum absolute atomic E-state index is 5.15. The Morgan fingerprint density at radius 1 is 1.90 bits per heavy atom. The van der Waals surface area contributed by atoms with Crippen molar-refractivity contribution in [2.75, 3.05) is 6.79 Å². The highest BCUT2D eigenvalue weighted by Gasteiger charge is 2.08. The molecule has 0 bridgehead atoms. The second-order valence-electron chi connectivity index (χ2n) is 2.12. The summed E-state index contributed by atoms with van der Waals surface area (Å²) in [5.41, 5.74) is 0. The Hall–Kier alpha value is -0.760. The molecule has 1 rings (SSSR count). The molecule has 0 aromatic carbocycles. The highest BCUT2D eigenvalue weighted by molar-refractivity contribution is 5.05. The van der Waals surface area contributed by atoms with Crippen molar-refractivity contribution in [3.05, 3.63) is 24.5 Å². The first-order valence-corrected chi connectivity index (χ1v) is 3.44. The van der Waals surface area contributed by atoms with Crippen molar-refractivity contribution in [3.63, 3.8) is 0 Å². The van der Waals surface area contributed by atoms with Gasteiger partial charge < -0.3 is 9.47 Å². The predicted molar refractivity (Wildman–Crippen MR) is 39.4 cm³/mol. The fraction of sp³-hybridized carbons (Fsp3) is 0.500. The first-order chi connectivity index (χ1) is 4.86. The highest BCUT2D eigenvalue weighted by atomic mass is 16.7. The summed E-state index contributed by atoms with van der Waals surface area (Å²) >= 11 is 0. The van der Waals surface area contributed by atoms with Gasteiger partial charge in [-0.05, 0) is 6.08 Å². The van der Waals surface area contributed by atoms with E-state index in [1.165, 1.54) is 0 Å². The number of hydrogen-bond acceptors (Lipinski definition) is 2. The minimum Gasteiger partial charge on any atom is -0.472 e. The van der Waals surface area contributed by atoms with Crippen LogP contribution < -0.4 is 0 Å². The van der Waals surface area contributed by atoms with Crippen molar-refractivity contribution in [2.45, 2.75) is 19.4 Å². The van der Waals surface area contributed by atoms with Gasteiger partial charge in [0.1, 0.15) is 6.10 Å². The van der Waals surface area contributed by atoms with E-state index in [4.69, 9.17) is 9.47 Å². The monoisotopic (exact) mass is 140 g/mol. The summed E-state index contributed by atoms with van der Waals surface area (Å²) in [6.07, 6.45) is 4.67. The van der Waals surface area contributed by atoms with Crippen LogP contribution in [0.1, 0.15) is 13.3 Å². The molecule has 0 saturated heterocycles. The van der Waals surface area contributed by atoms with Crippen LogP contribution >= 0.6 is 0 Å². The molecule has 2 heteroatoms. The molecular formula is C8H12O2. The van der Waals surface area contributed by atoms with Gasteiger partial charge in [0.15, 0.2) is 6.79 Å². The average Bonchev–Trinajstić information content (AvgIpc) is 2.05. The molecule has 1 unspecified atom stereocenters. The number of rotatable bonds is 2. The third-order valence-electron chi connectivity index (χ3n) is 1.44. The Kier molecular flexibility index (Phi) is 2.51. The van der Waals surface area contributed by atoms with Crippen molar-refractivity contribution in [3.8, 4) is 0 Å². The van der Waals surface area contributed by atoms with Gasteiger partial charge in [0.05, 0.1) is 5.76 Å². The van der Waals surface area contributed by atoms with Crippen molar-refractivity contribution < 1.29 is 9.47 Å². The summed E-state index contributed by atoms with van der Waals surface area (Å²) < 4.78 is 10.3. The van der Waals surface area contributed by atoms with E-state index in [1.54, 1.807) is 6.08 Å². The molecule has 1 aliphatic heterocycles. The zero-order valence-corrected chi connectivity index (χ0v) is 6.17. The van der Waals surface area contributed by atoms with Crippen LogP contribution in [0.25, 0.3) is 0 Å². The Bertz CT molecular complexity index is 149. The third kappa shape index (κ3) is 1.61. The number of hydrogen-bond donors (Lipinski definition) is 0. The second kappa shape index (κ2) is 3.42. The van der Waals surface area contributed by atoms with E-state index in [-0.39, 0.29) is 6.10 Å². The molecule has 0 saturated carbocycles. The van der Waals surface area contributed by atoms with Gasteiger partial charge >= 0.3 is 0 Å². The molecule has 1 heterocycles. The molecule has 0 fully saturated rings. The Balaban J connectivity index is 2.56. The smallest absolute Gasteiger partial charge is 0.189 e. The zero-order chi connectivity index (χ0) is 7.40. The van der Waals surface area contributed by atoms with Gasteiger partial charge in [-0.15, -0.1) is 6.58 Å². The van der Waals surface area contributed by atoms with E-state index in [0.717, 1.165) is 12.2 Å². The Labute approximate surface area is 61.1 Å².